The smallest absolute Gasteiger partial charge is 0.242 e. The van der Waals surface area contributed by atoms with Crippen LogP contribution in [0.15, 0.2) is 47.5 Å². The van der Waals surface area contributed by atoms with Gasteiger partial charge >= 0.3 is 0 Å². The molecular formula is C19H17Cl2N3O2S. The van der Waals surface area contributed by atoms with Crippen LogP contribution in [-0.2, 0) is 9.59 Å². The van der Waals surface area contributed by atoms with Crippen LogP contribution >= 0.6 is 35.0 Å². The monoisotopic (exact) mass is 421 g/mol. The normalized spacial score (nSPS) is 18.2. The lowest BCUT2D eigenvalue weighted by Crippen LogP contribution is -2.30. The van der Waals surface area contributed by atoms with Crippen molar-refractivity contribution in [3.63, 3.8) is 0 Å². The molecule has 1 aliphatic rings. The topological polar surface area (TPSA) is 61.8 Å². The van der Waals surface area contributed by atoms with Gasteiger partial charge in [-0.1, -0.05) is 53.2 Å². The Hall–Kier alpha value is -2.02. The van der Waals surface area contributed by atoms with E-state index in [9.17, 15) is 9.59 Å². The van der Waals surface area contributed by atoms with Crippen LogP contribution in [0, 0.1) is 6.92 Å². The summed E-state index contributed by atoms with van der Waals surface area (Å²) >= 11 is 13.4. The number of thioether (sulfide) groups is 1. The molecule has 1 aliphatic heterocycles. The van der Waals surface area contributed by atoms with Crippen molar-refractivity contribution in [2.45, 2.75) is 18.6 Å². The molecule has 27 heavy (non-hydrogen) atoms. The van der Waals surface area contributed by atoms with Gasteiger partial charge in [0.1, 0.15) is 5.25 Å². The molecule has 0 aromatic heterocycles. The van der Waals surface area contributed by atoms with Crippen LogP contribution in [-0.4, -0.2) is 34.2 Å². The van der Waals surface area contributed by atoms with E-state index in [1.807, 2.05) is 31.2 Å². The SMILES string of the molecule is Cc1cccc(NC(=O)C[C@@H]2SC(=Nc3cccc(Cl)c3Cl)N(C)C2=O)c1. The Kier molecular flexibility index (Phi) is 6.09. The highest BCUT2D eigenvalue weighted by Gasteiger charge is 2.37. The Labute approximate surface area is 171 Å². The van der Waals surface area contributed by atoms with Gasteiger partial charge < -0.3 is 5.32 Å². The molecule has 0 spiro atoms. The zero-order valence-corrected chi connectivity index (χ0v) is 17.0. The molecule has 2 aromatic carbocycles. The Morgan fingerprint density at radius 2 is 2.00 bits per heavy atom. The summed E-state index contributed by atoms with van der Waals surface area (Å²) < 4.78 is 0. The number of aliphatic imine (C=N–C) groups is 1. The second-order valence-electron chi connectivity index (χ2n) is 6.09. The molecule has 0 aliphatic carbocycles. The first-order chi connectivity index (χ1) is 12.8. The first-order valence-electron chi connectivity index (χ1n) is 8.18. The van der Waals surface area contributed by atoms with E-state index in [4.69, 9.17) is 23.2 Å². The maximum absolute atomic E-state index is 12.5. The summed E-state index contributed by atoms with van der Waals surface area (Å²) in [6, 6.07) is 12.6. The van der Waals surface area contributed by atoms with E-state index in [2.05, 4.69) is 10.3 Å². The summed E-state index contributed by atoms with van der Waals surface area (Å²) in [6.45, 7) is 1.95. The van der Waals surface area contributed by atoms with Gasteiger partial charge in [-0.15, -0.1) is 0 Å². The van der Waals surface area contributed by atoms with Crippen LogP contribution in [0.1, 0.15) is 12.0 Å². The molecule has 1 saturated heterocycles. The first kappa shape index (κ1) is 19.7. The van der Waals surface area contributed by atoms with Crippen LogP contribution in [0.5, 0.6) is 0 Å². The van der Waals surface area contributed by atoms with Gasteiger partial charge in [0.05, 0.1) is 15.7 Å². The van der Waals surface area contributed by atoms with Crippen molar-refractivity contribution in [3.05, 3.63) is 58.1 Å². The number of benzene rings is 2. The van der Waals surface area contributed by atoms with Crippen LogP contribution in [0.25, 0.3) is 0 Å². The molecule has 1 N–H and O–H groups in total. The highest BCUT2D eigenvalue weighted by atomic mass is 35.5. The summed E-state index contributed by atoms with van der Waals surface area (Å²) in [5.41, 5.74) is 2.24. The van der Waals surface area contributed by atoms with E-state index < -0.39 is 5.25 Å². The lowest BCUT2D eigenvalue weighted by molar-refractivity contribution is -0.127. The lowest BCUT2D eigenvalue weighted by Gasteiger charge is -2.10. The molecule has 1 fully saturated rings. The minimum Gasteiger partial charge on any atom is -0.326 e. The van der Waals surface area contributed by atoms with Crippen molar-refractivity contribution in [2.24, 2.45) is 4.99 Å². The summed E-state index contributed by atoms with van der Waals surface area (Å²) in [5, 5.41) is 3.50. The van der Waals surface area contributed by atoms with Gasteiger partial charge in [0.25, 0.3) is 0 Å². The molecular weight excluding hydrogens is 405 g/mol. The average molecular weight is 422 g/mol. The van der Waals surface area contributed by atoms with Gasteiger partial charge in [0.15, 0.2) is 5.17 Å². The third-order valence-electron chi connectivity index (χ3n) is 3.96. The first-order valence-corrected chi connectivity index (χ1v) is 9.82. The standard InChI is InChI=1S/C19H17Cl2N3O2S/c1-11-5-3-6-12(9-11)22-16(25)10-15-18(26)24(2)19(27-15)23-14-8-4-7-13(20)17(14)21/h3-9,15H,10H2,1-2H3,(H,22,25)/t15-/m0/s1. The van der Waals surface area contributed by atoms with Crippen LogP contribution in [0.2, 0.25) is 10.0 Å². The Bertz CT molecular complexity index is 933. The third-order valence-corrected chi connectivity index (χ3v) is 6.00. The molecule has 0 radical (unpaired) electrons. The van der Waals surface area contributed by atoms with E-state index in [1.165, 1.54) is 16.7 Å². The van der Waals surface area contributed by atoms with Crippen molar-refractivity contribution in [1.82, 2.24) is 4.90 Å². The molecule has 0 unspecified atom stereocenters. The zero-order chi connectivity index (χ0) is 19.6. The largest absolute Gasteiger partial charge is 0.326 e. The van der Waals surface area contributed by atoms with Gasteiger partial charge in [-0.2, -0.15) is 0 Å². The highest BCUT2D eigenvalue weighted by molar-refractivity contribution is 8.15. The van der Waals surface area contributed by atoms with Crippen LogP contribution in [0.4, 0.5) is 11.4 Å². The number of halogens is 2. The van der Waals surface area contributed by atoms with Crippen LogP contribution in [0.3, 0.4) is 0 Å². The number of anilines is 1. The van der Waals surface area contributed by atoms with E-state index in [1.54, 1.807) is 25.2 Å². The molecule has 0 bridgehead atoms. The predicted molar refractivity (Wildman–Crippen MR) is 112 cm³/mol. The number of hydrogen-bond acceptors (Lipinski definition) is 4. The lowest BCUT2D eigenvalue weighted by atomic mass is 10.2. The fraction of sp³-hybridized carbons (Fsp3) is 0.211. The molecule has 2 amide bonds. The van der Waals surface area contributed by atoms with Crippen molar-refractivity contribution >= 4 is 63.3 Å². The molecule has 3 rings (SSSR count). The summed E-state index contributed by atoms with van der Waals surface area (Å²) in [5.74, 6) is -0.391. The number of amides is 2. The minimum atomic E-state index is -0.531. The molecule has 140 valence electrons. The van der Waals surface area contributed by atoms with Gasteiger partial charge in [-0.25, -0.2) is 4.99 Å². The molecule has 0 saturated carbocycles. The van der Waals surface area contributed by atoms with Gasteiger partial charge in [-0.3, -0.25) is 14.5 Å². The number of carbonyl (C=O) groups is 2. The molecule has 1 atom stereocenters. The molecule has 1 heterocycles. The van der Waals surface area contributed by atoms with Crippen molar-refractivity contribution in [1.29, 1.82) is 0 Å². The second-order valence-corrected chi connectivity index (χ2v) is 8.05. The van der Waals surface area contributed by atoms with E-state index in [-0.39, 0.29) is 18.2 Å². The highest BCUT2D eigenvalue weighted by Crippen LogP contribution is 2.35. The Morgan fingerprint density at radius 3 is 2.74 bits per heavy atom. The summed E-state index contributed by atoms with van der Waals surface area (Å²) in [7, 11) is 1.63. The number of amidine groups is 1. The fourth-order valence-corrected chi connectivity index (χ4v) is 4.07. The third kappa shape index (κ3) is 4.64. The molecule has 5 nitrogen and oxygen atoms in total. The van der Waals surface area contributed by atoms with Gasteiger partial charge in [0.2, 0.25) is 11.8 Å². The number of aryl methyl sites for hydroxylation is 1. The van der Waals surface area contributed by atoms with Gasteiger partial charge in [-0.05, 0) is 36.8 Å². The Balaban J connectivity index is 1.71. The fourth-order valence-electron chi connectivity index (χ4n) is 2.58. The number of nitrogens with zero attached hydrogens (tertiary/aromatic N) is 2. The number of rotatable bonds is 4. The zero-order valence-electron chi connectivity index (χ0n) is 14.7. The number of hydrogen-bond donors (Lipinski definition) is 1. The van der Waals surface area contributed by atoms with Crippen molar-refractivity contribution < 1.29 is 9.59 Å². The maximum atomic E-state index is 12.5. The number of carbonyl (C=O) groups excluding carboxylic acids is 2. The van der Waals surface area contributed by atoms with Crippen molar-refractivity contribution in [2.75, 3.05) is 12.4 Å². The van der Waals surface area contributed by atoms with E-state index >= 15 is 0 Å². The molecule has 8 heteroatoms. The second kappa shape index (κ2) is 8.33. The minimum absolute atomic E-state index is 0.0596. The van der Waals surface area contributed by atoms with Crippen LogP contribution < -0.4 is 5.32 Å². The molecule has 2 aromatic rings. The maximum Gasteiger partial charge on any atom is 0.242 e. The van der Waals surface area contributed by atoms with E-state index in [0.717, 1.165) is 5.56 Å². The average Bonchev–Trinajstić information content (AvgIpc) is 2.87. The van der Waals surface area contributed by atoms with E-state index in [0.29, 0.717) is 26.6 Å². The van der Waals surface area contributed by atoms with Crippen molar-refractivity contribution in [3.8, 4) is 0 Å². The van der Waals surface area contributed by atoms with Gasteiger partial charge in [0, 0.05) is 19.2 Å². The quantitative estimate of drug-likeness (QED) is 0.763. The number of nitrogens with one attached hydrogen (secondary N) is 1. The summed E-state index contributed by atoms with van der Waals surface area (Å²) in [4.78, 5) is 30.7. The summed E-state index contributed by atoms with van der Waals surface area (Å²) in [6.07, 6.45) is 0.0596. The predicted octanol–water partition coefficient (Wildman–Crippen LogP) is 4.89. The Morgan fingerprint density at radius 1 is 1.26 bits per heavy atom.